The van der Waals surface area contributed by atoms with Gasteiger partial charge >= 0.3 is 6.18 Å². The molecule has 1 N–H and O–H groups in total. The summed E-state index contributed by atoms with van der Waals surface area (Å²) in [5, 5.41) is 2.67. The third kappa shape index (κ3) is 6.49. The number of carbonyl (C=O) groups excluding carboxylic acids is 2. The Morgan fingerprint density at radius 3 is 2.21 bits per heavy atom. The Morgan fingerprint density at radius 2 is 1.61 bits per heavy atom. The SMILES string of the molecule is Cc1ccc(C(=O)c2ccccc2C(=O)NCCCN(C)CC(F)(F)F)cc1. The Morgan fingerprint density at radius 1 is 1.00 bits per heavy atom. The predicted octanol–water partition coefficient (Wildman–Crippen LogP) is 3.84. The van der Waals surface area contributed by atoms with Crippen LogP contribution in [0.3, 0.4) is 0 Å². The number of halogens is 3. The van der Waals surface area contributed by atoms with Crippen LogP contribution in [0.5, 0.6) is 0 Å². The molecule has 2 aromatic rings. The van der Waals surface area contributed by atoms with Gasteiger partial charge in [-0.15, -0.1) is 0 Å². The molecule has 2 aromatic carbocycles. The largest absolute Gasteiger partial charge is 0.401 e. The molecule has 150 valence electrons. The molecule has 0 spiro atoms. The van der Waals surface area contributed by atoms with E-state index < -0.39 is 18.6 Å². The Kier molecular flexibility index (Phi) is 7.34. The number of amides is 1. The fraction of sp³-hybridized carbons (Fsp3) is 0.333. The second-order valence-electron chi connectivity index (χ2n) is 6.70. The van der Waals surface area contributed by atoms with Crippen LogP contribution in [-0.4, -0.2) is 49.4 Å². The normalized spacial score (nSPS) is 11.5. The molecular formula is C21H23F3N2O2. The minimum Gasteiger partial charge on any atom is -0.352 e. The molecule has 28 heavy (non-hydrogen) atoms. The molecule has 2 rings (SSSR count). The number of alkyl halides is 3. The number of aryl methyl sites for hydroxylation is 1. The highest BCUT2D eigenvalue weighted by molar-refractivity contribution is 6.15. The Bertz CT molecular complexity index is 817. The number of carbonyl (C=O) groups is 2. The van der Waals surface area contributed by atoms with Gasteiger partial charge in [-0.1, -0.05) is 48.0 Å². The molecule has 0 bridgehead atoms. The van der Waals surface area contributed by atoms with Crippen LogP contribution in [-0.2, 0) is 0 Å². The van der Waals surface area contributed by atoms with Crippen molar-refractivity contribution in [1.29, 1.82) is 0 Å². The zero-order chi connectivity index (χ0) is 20.7. The topological polar surface area (TPSA) is 49.4 Å². The molecule has 0 aliphatic heterocycles. The van der Waals surface area contributed by atoms with Crippen molar-refractivity contribution in [3.63, 3.8) is 0 Å². The van der Waals surface area contributed by atoms with Gasteiger partial charge in [0, 0.05) is 17.7 Å². The molecule has 0 fully saturated rings. The van der Waals surface area contributed by atoms with Gasteiger partial charge in [-0.3, -0.25) is 14.5 Å². The minimum absolute atomic E-state index is 0.198. The van der Waals surface area contributed by atoms with Crippen LogP contribution in [0.1, 0.15) is 38.3 Å². The molecule has 0 atom stereocenters. The fourth-order valence-corrected chi connectivity index (χ4v) is 2.77. The highest BCUT2D eigenvalue weighted by atomic mass is 19.4. The number of benzene rings is 2. The Labute approximate surface area is 162 Å². The second kappa shape index (κ2) is 9.50. The number of ketones is 1. The maximum Gasteiger partial charge on any atom is 0.401 e. The van der Waals surface area contributed by atoms with E-state index in [1.54, 1.807) is 36.4 Å². The molecular weight excluding hydrogens is 369 g/mol. The average Bonchev–Trinajstić information content (AvgIpc) is 2.63. The lowest BCUT2D eigenvalue weighted by molar-refractivity contribution is -0.143. The summed E-state index contributed by atoms with van der Waals surface area (Å²) in [6.45, 7) is 1.34. The van der Waals surface area contributed by atoms with E-state index in [1.165, 1.54) is 7.05 Å². The van der Waals surface area contributed by atoms with Gasteiger partial charge in [-0.25, -0.2) is 0 Å². The van der Waals surface area contributed by atoms with E-state index in [0.717, 1.165) is 10.5 Å². The van der Waals surface area contributed by atoms with Gasteiger partial charge < -0.3 is 5.32 Å². The average molecular weight is 392 g/mol. The lowest BCUT2D eigenvalue weighted by Gasteiger charge is -2.18. The third-order valence-corrected chi connectivity index (χ3v) is 4.18. The van der Waals surface area contributed by atoms with Crippen molar-refractivity contribution < 1.29 is 22.8 Å². The van der Waals surface area contributed by atoms with Gasteiger partial charge in [0.05, 0.1) is 12.1 Å². The number of hydrogen-bond donors (Lipinski definition) is 1. The van der Waals surface area contributed by atoms with Gasteiger partial charge in [-0.2, -0.15) is 13.2 Å². The highest BCUT2D eigenvalue weighted by Crippen LogP contribution is 2.16. The molecule has 0 aliphatic carbocycles. The summed E-state index contributed by atoms with van der Waals surface area (Å²) >= 11 is 0. The summed E-state index contributed by atoms with van der Waals surface area (Å²) in [6, 6.07) is 13.6. The van der Waals surface area contributed by atoms with Gasteiger partial charge in [0.25, 0.3) is 5.91 Å². The Balaban J connectivity index is 1.97. The van der Waals surface area contributed by atoms with Crippen molar-refractivity contribution in [1.82, 2.24) is 10.2 Å². The number of nitrogens with zero attached hydrogens (tertiary/aromatic N) is 1. The van der Waals surface area contributed by atoms with Crippen molar-refractivity contribution in [3.8, 4) is 0 Å². The molecule has 0 saturated heterocycles. The molecule has 0 radical (unpaired) electrons. The lowest BCUT2D eigenvalue weighted by Crippen LogP contribution is -2.34. The molecule has 1 amide bonds. The van der Waals surface area contributed by atoms with Crippen LogP contribution < -0.4 is 5.32 Å². The number of hydrogen-bond acceptors (Lipinski definition) is 3. The van der Waals surface area contributed by atoms with Crippen LogP contribution in [0.2, 0.25) is 0 Å². The van der Waals surface area contributed by atoms with Crippen molar-refractivity contribution in [2.24, 2.45) is 0 Å². The first-order valence-electron chi connectivity index (χ1n) is 8.91. The summed E-state index contributed by atoms with van der Waals surface area (Å²) in [4.78, 5) is 26.4. The van der Waals surface area contributed by atoms with Gasteiger partial charge in [0.2, 0.25) is 0 Å². The zero-order valence-electron chi connectivity index (χ0n) is 15.8. The van der Waals surface area contributed by atoms with Crippen LogP contribution in [0.25, 0.3) is 0 Å². The summed E-state index contributed by atoms with van der Waals surface area (Å²) in [5.74, 6) is -0.676. The smallest absolute Gasteiger partial charge is 0.352 e. The maximum atomic E-state index is 12.7. The van der Waals surface area contributed by atoms with Gasteiger partial charge in [-0.05, 0) is 33.0 Å². The summed E-state index contributed by atoms with van der Waals surface area (Å²) in [7, 11) is 1.38. The van der Waals surface area contributed by atoms with Crippen molar-refractivity contribution in [2.45, 2.75) is 19.5 Å². The number of rotatable bonds is 8. The van der Waals surface area contributed by atoms with E-state index in [-0.39, 0.29) is 30.0 Å². The standard InChI is InChI=1S/C21H23F3N2O2/c1-15-8-10-16(11-9-15)19(27)17-6-3-4-7-18(17)20(28)25-12-5-13-26(2)14-21(22,23)24/h3-4,6-11H,5,12-14H2,1-2H3,(H,25,28). The lowest BCUT2D eigenvalue weighted by atomic mass is 9.97. The monoisotopic (exact) mass is 392 g/mol. The van der Waals surface area contributed by atoms with Crippen LogP contribution >= 0.6 is 0 Å². The Hall–Kier alpha value is -2.67. The molecule has 0 saturated carbocycles. The van der Waals surface area contributed by atoms with E-state index in [9.17, 15) is 22.8 Å². The molecule has 7 heteroatoms. The van der Waals surface area contributed by atoms with E-state index in [4.69, 9.17) is 0 Å². The molecule has 0 heterocycles. The van der Waals surface area contributed by atoms with E-state index in [1.807, 2.05) is 19.1 Å². The minimum atomic E-state index is -4.24. The molecule has 0 aliphatic rings. The molecule has 0 unspecified atom stereocenters. The maximum absolute atomic E-state index is 12.7. The predicted molar refractivity (Wildman–Crippen MR) is 102 cm³/mol. The van der Waals surface area contributed by atoms with E-state index in [2.05, 4.69) is 5.32 Å². The quantitative estimate of drug-likeness (QED) is 0.549. The molecule has 4 nitrogen and oxygen atoms in total. The summed E-state index contributed by atoms with van der Waals surface area (Å²) in [5.41, 5.74) is 2.05. The fourth-order valence-electron chi connectivity index (χ4n) is 2.77. The van der Waals surface area contributed by atoms with Crippen molar-refractivity contribution in [2.75, 3.05) is 26.7 Å². The molecule has 0 aromatic heterocycles. The first-order valence-corrected chi connectivity index (χ1v) is 8.91. The summed E-state index contributed by atoms with van der Waals surface area (Å²) in [6.07, 6.45) is -3.88. The van der Waals surface area contributed by atoms with Crippen LogP contribution in [0, 0.1) is 6.92 Å². The van der Waals surface area contributed by atoms with Gasteiger partial charge in [0.1, 0.15) is 0 Å². The third-order valence-electron chi connectivity index (χ3n) is 4.18. The van der Waals surface area contributed by atoms with Crippen LogP contribution in [0.15, 0.2) is 48.5 Å². The highest BCUT2D eigenvalue weighted by Gasteiger charge is 2.28. The van der Waals surface area contributed by atoms with Gasteiger partial charge in [0.15, 0.2) is 5.78 Å². The number of nitrogens with one attached hydrogen (secondary N) is 1. The van der Waals surface area contributed by atoms with Crippen LogP contribution in [0.4, 0.5) is 13.2 Å². The van der Waals surface area contributed by atoms with E-state index >= 15 is 0 Å². The second-order valence-corrected chi connectivity index (χ2v) is 6.70. The van der Waals surface area contributed by atoms with Crippen molar-refractivity contribution >= 4 is 11.7 Å². The zero-order valence-corrected chi connectivity index (χ0v) is 15.8. The van der Waals surface area contributed by atoms with Crippen molar-refractivity contribution in [3.05, 3.63) is 70.8 Å². The first kappa shape index (κ1) is 21.6. The van der Waals surface area contributed by atoms with E-state index in [0.29, 0.717) is 12.0 Å². The summed E-state index contributed by atoms with van der Waals surface area (Å²) < 4.78 is 36.9. The first-order chi connectivity index (χ1) is 13.2.